The Morgan fingerprint density at radius 2 is 2.00 bits per heavy atom. The molecule has 0 aliphatic rings. The summed E-state index contributed by atoms with van der Waals surface area (Å²) in [4.78, 5) is 7.97. The second-order valence-electron chi connectivity index (χ2n) is 5.78. The fourth-order valence-corrected chi connectivity index (χ4v) is 3.18. The molecule has 0 unspecified atom stereocenters. The number of imidazole rings is 1. The predicted octanol–water partition coefficient (Wildman–Crippen LogP) is 3.78. The quantitative estimate of drug-likeness (QED) is 0.506. The van der Waals surface area contributed by atoms with E-state index in [9.17, 15) is 0 Å². The van der Waals surface area contributed by atoms with Gasteiger partial charge >= 0.3 is 0 Å². The number of nitrogens with zero attached hydrogens (tertiary/aromatic N) is 5. The van der Waals surface area contributed by atoms with Gasteiger partial charge in [0.25, 0.3) is 0 Å². The highest BCUT2D eigenvalue weighted by molar-refractivity contribution is 6.31. The summed E-state index contributed by atoms with van der Waals surface area (Å²) in [5.74, 6) is 0.718. The van der Waals surface area contributed by atoms with E-state index < -0.39 is 0 Å². The van der Waals surface area contributed by atoms with Gasteiger partial charge in [-0.25, -0.2) is 4.98 Å². The molecule has 3 heterocycles. The van der Waals surface area contributed by atoms with Crippen LogP contribution in [0.25, 0.3) is 39.0 Å². The number of halogens is 1. The molecule has 0 radical (unpaired) electrons. The number of fused-ring (bicyclic) bond motifs is 4. The van der Waals surface area contributed by atoms with Crippen LogP contribution in [0.15, 0.2) is 42.5 Å². The number of benzene rings is 2. The van der Waals surface area contributed by atoms with Crippen molar-refractivity contribution in [3.8, 4) is 11.4 Å². The molecule has 0 spiro atoms. The van der Waals surface area contributed by atoms with Crippen LogP contribution in [0.1, 0.15) is 5.56 Å². The molecule has 0 saturated carbocycles. The Labute approximate surface area is 141 Å². The summed E-state index contributed by atoms with van der Waals surface area (Å²) >= 11 is 6.06. The Morgan fingerprint density at radius 3 is 2.92 bits per heavy atom. The summed E-state index contributed by atoms with van der Waals surface area (Å²) in [7, 11) is 0. The SMILES string of the molecule is Cc1ccc2c(c1)cc(-c1nc3ccc(Cl)cc3[nH]1)c1nnnn12. The van der Waals surface area contributed by atoms with E-state index in [1.54, 1.807) is 4.52 Å². The highest BCUT2D eigenvalue weighted by Crippen LogP contribution is 2.29. The topological polar surface area (TPSA) is 71.8 Å². The Morgan fingerprint density at radius 1 is 1.08 bits per heavy atom. The van der Waals surface area contributed by atoms with Gasteiger partial charge in [-0.3, -0.25) is 0 Å². The maximum Gasteiger partial charge on any atom is 0.190 e. The molecule has 0 atom stereocenters. The fourth-order valence-electron chi connectivity index (χ4n) is 3.00. The van der Waals surface area contributed by atoms with Crippen LogP contribution in [0.3, 0.4) is 0 Å². The van der Waals surface area contributed by atoms with E-state index in [1.165, 1.54) is 5.56 Å². The van der Waals surface area contributed by atoms with E-state index in [2.05, 4.69) is 44.5 Å². The van der Waals surface area contributed by atoms with Crippen LogP contribution in [-0.2, 0) is 0 Å². The monoisotopic (exact) mass is 334 g/mol. The normalized spacial score (nSPS) is 11.8. The van der Waals surface area contributed by atoms with Gasteiger partial charge < -0.3 is 4.98 Å². The summed E-state index contributed by atoms with van der Waals surface area (Å²) in [6.45, 7) is 2.06. The van der Waals surface area contributed by atoms with Crippen molar-refractivity contribution >= 4 is 39.2 Å². The van der Waals surface area contributed by atoms with Crippen LogP contribution >= 0.6 is 11.6 Å². The number of nitrogens with one attached hydrogen (secondary N) is 1. The predicted molar refractivity (Wildman–Crippen MR) is 93.1 cm³/mol. The minimum atomic E-state index is 0.663. The van der Waals surface area contributed by atoms with Gasteiger partial charge in [-0.15, -0.1) is 5.10 Å². The van der Waals surface area contributed by atoms with Crippen molar-refractivity contribution in [1.82, 2.24) is 30.0 Å². The van der Waals surface area contributed by atoms with Crippen LogP contribution in [0, 0.1) is 6.92 Å². The molecule has 0 bridgehead atoms. The molecule has 0 fully saturated rings. The largest absolute Gasteiger partial charge is 0.338 e. The second kappa shape index (κ2) is 4.75. The Balaban J connectivity index is 1.87. The van der Waals surface area contributed by atoms with Crippen molar-refractivity contribution in [2.75, 3.05) is 0 Å². The molecule has 24 heavy (non-hydrogen) atoms. The number of H-pyrrole nitrogens is 1. The lowest BCUT2D eigenvalue weighted by atomic mass is 10.1. The molecule has 0 aliphatic carbocycles. The third-order valence-corrected chi connectivity index (χ3v) is 4.36. The van der Waals surface area contributed by atoms with Crippen molar-refractivity contribution < 1.29 is 0 Å². The van der Waals surface area contributed by atoms with Crippen molar-refractivity contribution in [3.63, 3.8) is 0 Å². The van der Waals surface area contributed by atoms with Crippen LogP contribution in [0.2, 0.25) is 5.02 Å². The maximum atomic E-state index is 6.06. The van der Waals surface area contributed by atoms with Crippen LogP contribution in [-0.4, -0.2) is 30.0 Å². The van der Waals surface area contributed by atoms with Gasteiger partial charge in [0.05, 0.1) is 22.1 Å². The third kappa shape index (κ3) is 1.90. The van der Waals surface area contributed by atoms with Crippen molar-refractivity contribution in [2.24, 2.45) is 0 Å². The van der Waals surface area contributed by atoms with Gasteiger partial charge in [-0.2, -0.15) is 4.52 Å². The lowest BCUT2D eigenvalue weighted by Crippen LogP contribution is -1.95. The highest BCUT2D eigenvalue weighted by Gasteiger charge is 2.15. The number of hydrogen-bond donors (Lipinski definition) is 1. The van der Waals surface area contributed by atoms with E-state index in [0.717, 1.165) is 33.3 Å². The summed E-state index contributed by atoms with van der Waals surface area (Å²) in [5.41, 5.74) is 5.39. The van der Waals surface area contributed by atoms with Gasteiger partial charge in [-0.1, -0.05) is 23.2 Å². The molecular formula is C17H11ClN6. The Kier molecular flexibility index (Phi) is 2.66. The molecular weight excluding hydrogens is 324 g/mol. The van der Waals surface area contributed by atoms with Gasteiger partial charge in [0, 0.05) is 10.4 Å². The Bertz CT molecular complexity index is 1240. The number of aryl methyl sites for hydroxylation is 1. The first-order chi connectivity index (χ1) is 11.7. The molecule has 6 nitrogen and oxygen atoms in total. The molecule has 5 rings (SSSR count). The minimum Gasteiger partial charge on any atom is -0.338 e. The molecule has 1 N–H and O–H groups in total. The zero-order chi connectivity index (χ0) is 16.3. The van der Waals surface area contributed by atoms with Gasteiger partial charge in [0.15, 0.2) is 5.65 Å². The maximum absolute atomic E-state index is 6.06. The van der Waals surface area contributed by atoms with Crippen molar-refractivity contribution in [2.45, 2.75) is 6.92 Å². The molecule has 2 aromatic carbocycles. The number of aromatic nitrogens is 6. The zero-order valence-corrected chi connectivity index (χ0v) is 13.4. The van der Waals surface area contributed by atoms with Gasteiger partial charge in [0.1, 0.15) is 5.82 Å². The lowest BCUT2D eigenvalue weighted by molar-refractivity contribution is 0.841. The van der Waals surface area contributed by atoms with Crippen molar-refractivity contribution in [1.29, 1.82) is 0 Å². The minimum absolute atomic E-state index is 0.663. The molecule has 0 amide bonds. The van der Waals surface area contributed by atoms with E-state index in [1.807, 2.05) is 30.3 Å². The Hall–Kier alpha value is -2.99. The molecule has 0 saturated heterocycles. The standard InChI is InChI=1S/C17H11ClN6/c1-9-2-5-15-10(6-9)7-12(17-21-22-23-24(15)17)16-19-13-4-3-11(18)8-14(13)20-16/h2-8H,1H3,(H,19,20). The first-order valence-electron chi connectivity index (χ1n) is 7.46. The summed E-state index contributed by atoms with van der Waals surface area (Å²) < 4.78 is 1.74. The lowest BCUT2D eigenvalue weighted by Gasteiger charge is -2.05. The van der Waals surface area contributed by atoms with Crippen LogP contribution in [0.4, 0.5) is 0 Å². The highest BCUT2D eigenvalue weighted by atomic mass is 35.5. The number of tetrazole rings is 1. The third-order valence-electron chi connectivity index (χ3n) is 4.12. The smallest absolute Gasteiger partial charge is 0.190 e. The summed E-state index contributed by atoms with van der Waals surface area (Å²) in [5, 5.41) is 13.8. The second-order valence-corrected chi connectivity index (χ2v) is 6.22. The van der Waals surface area contributed by atoms with E-state index in [-0.39, 0.29) is 0 Å². The number of rotatable bonds is 1. The average molecular weight is 335 g/mol. The van der Waals surface area contributed by atoms with E-state index >= 15 is 0 Å². The van der Waals surface area contributed by atoms with Gasteiger partial charge in [0.2, 0.25) is 0 Å². The van der Waals surface area contributed by atoms with E-state index in [4.69, 9.17) is 11.6 Å². The van der Waals surface area contributed by atoms with Crippen LogP contribution in [0.5, 0.6) is 0 Å². The summed E-state index contributed by atoms with van der Waals surface area (Å²) in [6, 6.07) is 13.8. The molecule has 3 aromatic heterocycles. The molecule has 116 valence electrons. The first kappa shape index (κ1) is 13.4. The van der Waals surface area contributed by atoms with Gasteiger partial charge in [-0.05, 0) is 53.7 Å². The van der Waals surface area contributed by atoms with E-state index in [0.29, 0.717) is 10.7 Å². The first-order valence-corrected chi connectivity index (χ1v) is 7.84. The van der Waals surface area contributed by atoms with Crippen LogP contribution < -0.4 is 0 Å². The fraction of sp³-hybridized carbons (Fsp3) is 0.0588. The molecule has 0 aliphatic heterocycles. The average Bonchev–Trinajstić information content (AvgIpc) is 3.19. The number of hydrogen-bond acceptors (Lipinski definition) is 4. The zero-order valence-electron chi connectivity index (χ0n) is 12.7. The number of pyridine rings is 1. The molecule has 7 heteroatoms. The molecule has 5 aromatic rings. The summed E-state index contributed by atoms with van der Waals surface area (Å²) in [6.07, 6.45) is 0. The van der Waals surface area contributed by atoms with Crippen molar-refractivity contribution in [3.05, 3.63) is 53.1 Å². The number of aromatic amines is 1.